The van der Waals surface area contributed by atoms with Crippen molar-refractivity contribution in [3.8, 4) is 17.4 Å². The summed E-state index contributed by atoms with van der Waals surface area (Å²) in [4.78, 5) is 11.6. The van der Waals surface area contributed by atoms with Gasteiger partial charge in [-0.15, -0.1) is 0 Å². The van der Waals surface area contributed by atoms with Gasteiger partial charge in [0.1, 0.15) is 5.75 Å². The second kappa shape index (κ2) is 8.67. The van der Waals surface area contributed by atoms with Crippen LogP contribution < -0.4 is 9.47 Å². The van der Waals surface area contributed by atoms with Crippen molar-refractivity contribution in [1.29, 1.82) is 0 Å². The summed E-state index contributed by atoms with van der Waals surface area (Å²) in [7, 11) is 3.07. The summed E-state index contributed by atoms with van der Waals surface area (Å²) in [5, 5.41) is 4.96. The Morgan fingerprint density at radius 3 is 2.44 bits per heavy atom. The molecule has 0 saturated carbocycles. The van der Waals surface area contributed by atoms with Gasteiger partial charge in [0.25, 0.3) is 0 Å². The molecule has 0 fully saturated rings. The molecule has 8 heteroatoms. The van der Waals surface area contributed by atoms with Crippen LogP contribution in [0.25, 0.3) is 6.08 Å². The van der Waals surface area contributed by atoms with E-state index in [0.717, 1.165) is 16.8 Å². The molecule has 0 radical (unpaired) electrons. The molecule has 0 spiro atoms. The van der Waals surface area contributed by atoms with Crippen molar-refractivity contribution in [2.45, 2.75) is 33.8 Å². The Hall–Kier alpha value is -2.18. The van der Waals surface area contributed by atoms with Gasteiger partial charge in [-0.1, -0.05) is 28.8 Å². The first-order valence-corrected chi connectivity index (χ1v) is 8.99. The molecule has 1 atom stereocenters. The Balaban J connectivity index is 2.42. The van der Waals surface area contributed by atoms with E-state index in [2.05, 4.69) is 9.84 Å². The fraction of sp³-hybridized carbons (Fsp3) is 0.368. The van der Waals surface area contributed by atoms with E-state index < -0.39 is 12.1 Å². The number of nitrogens with zero attached hydrogens (tertiary/aromatic N) is 2. The maximum atomic E-state index is 11.6. The number of halogens is 2. The minimum atomic E-state index is -0.832. The number of rotatable bonds is 6. The monoisotopic (exact) mass is 412 g/mol. The molecule has 27 heavy (non-hydrogen) atoms. The molecule has 0 aliphatic carbocycles. The van der Waals surface area contributed by atoms with Crippen LogP contribution >= 0.6 is 23.2 Å². The Morgan fingerprint density at radius 1 is 1.22 bits per heavy atom. The third-order valence-corrected chi connectivity index (χ3v) is 4.27. The van der Waals surface area contributed by atoms with E-state index in [-0.39, 0.29) is 10.8 Å². The summed E-state index contributed by atoms with van der Waals surface area (Å²) < 4.78 is 17.9. The summed E-state index contributed by atoms with van der Waals surface area (Å²) in [6.45, 7) is 7.45. The average Bonchev–Trinajstić information content (AvgIpc) is 2.84. The lowest BCUT2D eigenvalue weighted by molar-refractivity contribution is -0.147. The Bertz CT molecular complexity index is 886. The van der Waals surface area contributed by atoms with E-state index >= 15 is 0 Å². The Morgan fingerprint density at radius 2 is 1.85 bits per heavy atom. The van der Waals surface area contributed by atoms with Gasteiger partial charge in [0, 0.05) is 13.1 Å². The number of ether oxygens (including phenoxy) is 3. The molecule has 0 amide bonds. The lowest BCUT2D eigenvalue weighted by Gasteiger charge is -2.16. The van der Waals surface area contributed by atoms with Crippen LogP contribution in [-0.4, -0.2) is 29.0 Å². The highest BCUT2D eigenvalue weighted by molar-refractivity contribution is 6.36. The molecule has 146 valence electrons. The number of methoxy groups -OCH3 is 1. The number of esters is 1. The van der Waals surface area contributed by atoms with E-state index in [0.29, 0.717) is 16.7 Å². The molecule has 0 saturated heterocycles. The van der Waals surface area contributed by atoms with E-state index in [4.69, 9.17) is 32.7 Å². The zero-order valence-corrected chi connectivity index (χ0v) is 17.6. The maximum absolute atomic E-state index is 11.6. The first-order chi connectivity index (χ1) is 12.6. The van der Waals surface area contributed by atoms with Gasteiger partial charge in [0.05, 0.1) is 28.4 Å². The number of hydrogen-bond acceptors (Lipinski definition) is 5. The van der Waals surface area contributed by atoms with Gasteiger partial charge < -0.3 is 14.2 Å². The first-order valence-electron chi connectivity index (χ1n) is 8.24. The van der Waals surface area contributed by atoms with Gasteiger partial charge in [0.15, 0.2) is 11.9 Å². The molecule has 1 aromatic heterocycles. The van der Waals surface area contributed by atoms with Crippen LogP contribution in [0, 0.1) is 6.92 Å². The molecule has 0 unspecified atom stereocenters. The quantitative estimate of drug-likeness (QED) is 0.610. The molecule has 0 aliphatic heterocycles. The van der Waals surface area contributed by atoms with Crippen molar-refractivity contribution in [1.82, 2.24) is 9.78 Å². The second-order valence-electron chi connectivity index (χ2n) is 6.25. The van der Waals surface area contributed by atoms with Crippen molar-refractivity contribution >= 4 is 35.2 Å². The lowest BCUT2D eigenvalue weighted by Crippen LogP contribution is -2.25. The third kappa shape index (κ3) is 4.96. The summed E-state index contributed by atoms with van der Waals surface area (Å²) in [5.74, 6) is 0.609. The van der Waals surface area contributed by atoms with Crippen LogP contribution in [0.2, 0.25) is 10.0 Å². The number of carbonyl (C=O) groups excluding carboxylic acids is 1. The molecule has 6 nitrogen and oxygen atoms in total. The van der Waals surface area contributed by atoms with Crippen LogP contribution in [0.4, 0.5) is 0 Å². The molecule has 0 aliphatic rings. The standard InChI is InChI=1S/C19H22Cl2N2O4/c1-10(2)7-13-11(3)22-23(5)18(13)27-17-9-16(14(20)8-15(17)21)26-12(4)19(24)25-6/h7-9,12H,1-6H3/t12-/m0/s1. The number of hydrogen-bond donors (Lipinski definition) is 0. The highest BCUT2D eigenvalue weighted by atomic mass is 35.5. The molecule has 1 heterocycles. The fourth-order valence-electron chi connectivity index (χ4n) is 2.42. The predicted octanol–water partition coefficient (Wildman–Crippen LogP) is 5.19. The zero-order chi connectivity index (χ0) is 20.3. The topological polar surface area (TPSA) is 62.6 Å². The number of aryl methyl sites for hydroxylation is 2. The third-order valence-electron chi connectivity index (χ3n) is 3.68. The smallest absolute Gasteiger partial charge is 0.346 e. The van der Waals surface area contributed by atoms with Crippen LogP contribution in [0.15, 0.2) is 17.7 Å². The summed E-state index contributed by atoms with van der Waals surface area (Å²) >= 11 is 12.5. The normalized spacial score (nSPS) is 11.7. The number of benzene rings is 1. The summed E-state index contributed by atoms with van der Waals surface area (Å²) in [6.07, 6.45) is 1.15. The second-order valence-corrected chi connectivity index (χ2v) is 7.06. The van der Waals surface area contributed by atoms with Crippen LogP contribution in [-0.2, 0) is 16.6 Å². The predicted molar refractivity (Wildman–Crippen MR) is 106 cm³/mol. The van der Waals surface area contributed by atoms with Gasteiger partial charge in [0.2, 0.25) is 5.88 Å². The minimum absolute atomic E-state index is 0.258. The number of carbonyl (C=O) groups is 1. The highest BCUT2D eigenvalue weighted by Gasteiger charge is 2.20. The van der Waals surface area contributed by atoms with Gasteiger partial charge in [-0.3, -0.25) is 0 Å². The first kappa shape index (κ1) is 21.1. The van der Waals surface area contributed by atoms with E-state index in [1.807, 2.05) is 26.8 Å². The van der Waals surface area contributed by atoms with Gasteiger partial charge in [-0.2, -0.15) is 5.10 Å². The molecule has 1 aromatic carbocycles. The van der Waals surface area contributed by atoms with Gasteiger partial charge >= 0.3 is 5.97 Å². The van der Waals surface area contributed by atoms with Gasteiger partial charge in [-0.05, 0) is 39.8 Å². The molecule has 2 rings (SSSR count). The van der Waals surface area contributed by atoms with Crippen LogP contribution in [0.1, 0.15) is 32.0 Å². The van der Waals surface area contributed by atoms with Crippen LogP contribution in [0.5, 0.6) is 17.4 Å². The van der Waals surface area contributed by atoms with Gasteiger partial charge in [-0.25, -0.2) is 9.48 Å². The molecule has 0 N–H and O–H groups in total. The lowest BCUT2D eigenvalue weighted by atomic mass is 10.2. The molecular weight excluding hydrogens is 391 g/mol. The zero-order valence-electron chi connectivity index (χ0n) is 16.1. The number of aromatic nitrogens is 2. The maximum Gasteiger partial charge on any atom is 0.346 e. The highest BCUT2D eigenvalue weighted by Crippen LogP contribution is 2.39. The van der Waals surface area contributed by atoms with Crippen molar-refractivity contribution in [2.75, 3.05) is 7.11 Å². The average molecular weight is 413 g/mol. The molecule has 0 bridgehead atoms. The van der Waals surface area contributed by atoms with Crippen molar-refractivity contribution in [3.63, 3.8) is 0 Å². The van der Waals surface area contributed by atoms with E-state index in [1.54, 1.807) is 24.7 Å². The largest absolute Gasteiger partial charge is 0.477 e. The fourth-order valence-corrected chi connectivity index (χ4v) is 2.88. The summed E-state index contributed by atoms with van der Waals surface area (Å²) in [6, 6.07) is 3.04. The summed E-state index contributed by atoms with van der Waals surface area (Å²) in [5.41, 5.74) is 2.79. The Labute approximate surface area is 168 Å². The van der Waals surface area contributed by atoms with E-state index in [1.165, 1.54) is 13.2 Å². The molecular formula is C19H22Cl2N2O4. The SMILES string of the molecule is COC(=O)[C@H](C)Oc1cc(Oc2c(C=C(C)C)c(C)nn2C)c(Cl)cc1Cl. The van der Waals surface area contributed by atoms with Crippen LogP contribution in [0.3, 0.4) is 0 Å². The van der Waals surface area contributed by atoms with Crippen molar-refractivity contribution in [2.24, 2.45) is 7.05 Å². The van der Waals surface area contributed by atoms with Crippen molar-refractivity contribution in [3.05, 3.63) is 39.0 Å². The van der Waals surface area contributed by atoms with Crippen molar-refractivity contribution < 1.29 is 19.0 Å². The number of allylic oxidation sites excluding steroid dienone is 1. The minimum Gasteiger partial charge on any atom is -0.477 e. The Kier molecular flexibility index (Phi) is 6.78. The van der Waals surface area contributed by atoms with E-state index in [9.17, 15) is 4.79 Å². The molecule has 2 aromatic rings.